The van der Waals surface area contributed by atoms with Gasteiger partial charge in [-0.05, 0) is 37.4 Å². The fraction of sp³-hybridized carbons (Fsp3) is 0.538. The molecule has 100 valence electrons. The smallest absolute Gasteiger partial charge is 0.166 e. The van der Waals surface area contributed by atoms with Crippen LogP contribution in [-0.2, 0) is 17.8 Å². The van der Waals surface area contributed by atoms with Gasteiger partial charge in [0.25, 0.3) is 0 Å². The number of ether oxygens (including phenoxy) is 1. The van der Waals surface area contributed by atoms with Gasteiger partial charge in [0, 0.05) is 23.7 Å². The van der Waals surface area contributed by atoms with Gasteiger partial charge in [0.15, 0.2) is 11.6 Å². The summed E-state index contributed by atoms with van der Waals surface area (Å²) in [5, 5.41) is 3.48. The van der Waals surface area contributed by atoms with Crippen molar-refractivity contribution in [3.63, 3.8) is 0 Å². The van der Waals surface area contributed by atoms with E-state index in [2.05, 4.69) is 5.32 Å². The Kier molecular flexibility index (Phi) is 4.54. The summed E-state index contributed by atoms with van der Waals surface area (Å²) < 4.78 is 32.5. The Hall–Kier alpha value is -0.710. The van der Waals surface area contributed by atoms with E-state index in [4.69, 9.17) is 16.3 Å². The molecular formula is C13H16ClF2NO. The third-order valence-corrected chi connectivity index (χ3v) is 3.58. The maximum absolute atomic E-state index is 13.9. The molecule has 0 aliphatic carbocycles. The predicted molar refractivity (Wildman–Crippen MR) is 66.8 cm³/mol. The maximum Gasteiger partial charge on any atom is 0.166 e. The van der Waals surface area contributed by atoms with Crippen molar-refractivity contribution < 1.29 is 13.5 Å². The molecule has 0 bridgehead atoms. The van der Waals surface area contributed by atoms with Crippen LogP contribution in [0.3, 0.4) is 0 Å². The van der Waals surface area contributed by atoms with Crippen molar-refractivity contribution in [2.45, 2.75) is 31.9 Å². The van der Waals surface area contributed by atoms with Crippen LogP contribution in [0.15, 0.2) is 6.07 Å². The zero-order chi connectivity index (χ0) is 13.1. The topological polar surface area (TPSA) is 21.3 Å². The Labute approximate surface area is 110 Å². The first kappa shape index (κ1) is 13.7. The molecule has 0 spiro atoms. The fourth-order valence-electron chi connectivity index (χ4n) is 2.30. The Balaban J connectivity index is 2.25. The summed E-state index contributed by atoms with van der Waals surface area (Å²) in [4.78, 5) is 0. The lowest BCUT2D eigenvalue weighted by Crippen LogP contribution is -2.24. The van der Waals surface area contributed by atoms with Gasteiger partial charge in [-0.1, -0.05) is 11.6 Å². The SMILES string of the molecule is COCc1c(Cl)cc(CC2CCCN2)c(F)c1F. The quantitative estimate of drug-likeness (QED) is 0.853. The van der Waals surface area contributed by atoms with E-state index in [0.717, 1.165) is 19.4 Å². The van der Waals surface area contributed by atoms with Crippen molar-refractivity contribution in [1.82, 2.24) is 5.32 Å². The molecule has 18 heavy (non-hydrogen) atoms. The van der Waals surface area contributed by atoms with Gasteiger partial charge in [-0.3, -0.25) is 0 Å². The molecule has 1 unspecified atom stereocenters. The first-order valence-electron chi connectivity index (χ1n) is 6.01. The van der Waals surface area contributed by atoms with Crippen LogP contribution in [0.1, 0.15) is 24.0 Å². The largest absolute Gasteiger partial charge is 0.380 e. The molecule has 1 aliphatic rings. The molecule has 0 amide bonds. The fourth-order valence-corrected chi connectivity index (χ4v) is 2.57. The van der Waals surface area contributed by atoms with Crippen LogP contribution >= 0.6 is 11.6 Å². The molecule has 1 saturated heterocycles. The minimum Gasteiger partial charge on any atom is -0.380 e. The summed E-state index contributed by atoms with van der Waals surface area (Å²) in [6.45, 7) is 0.911. The molecular weight excluding hydrogens is 260 g/mol. The van der Waals surface area contributed by atoms with E-state index in [-0.39, 0.29) is 23.2 Å². The van der Waals surface area contributed by atoms with Gasteiger partial charge in [-0.25, -0.2) is 8.78 Å². The molecule has 2 nitrogen and oxygen atoms in total. The monoisotopic (exact) mass is 275 g/mol. The van der Waals surface area contributed by atoms with Gasteiger partial charge in [-0.15, -0.1) is 0 Å². The van der Waals surface area contributed by atoms with Crippen LogP contribution in [0, 0.1) is 11.6 Å². The molecule has 0 radical (unpaired) electrons. The van der Waals surface area contributed by atoms with Crippen molar-refractivity contribution in [1.29, 1.82) is 0 Å². The Morgan fingerprint density at radius 1 is 1.44 bits per heavy atom. The molecule has 1 aliphatic heterocycles. The lowest BCUT2D eigenvalue weighted by Gasteiger charge is -2.14. The number of hydrogen-bond acceptors (Lipinski definition) is 2. The molecule has 1 aromatic rings. The van der Waals surface area contributed by atoms with Gasteiger partial charge in [0.1, 0.15) is 0 Å². The van der Waals surface area contributed by atoms with Crippen molar-refractivity contribution >= 4 is 11.6 Å². The second kappa shape index (κ2) is 5.95. The molecule has 1 aromatic carbocycles. The summed E-state index contributed by atoms with van der Waals surface area (Å²) in [5.74, 6) is -1.70. The van der Waals surface area contributed by atoms with Crippen molar-refractivity contribution in [3.8, 4) is 0 Å². The van der Waals surface area contributed by atoms with Crippen molar-refractivity contribution in [2.24, 2.45) is 0 Å². The number of hydrogen-bond donors (Lipinski definition) is 1. The average molecular weight is 276 g/mol. The zero-order valence-corrected chi connectivity index (χ0v) is 11.0. The first-order chi connectivity index (χ1) is 8.63. The molecule has 1 N–H and O–H groups in total. The third-order valence-electron chi connectivity index (χ3n) is 3.25. The Bertz CT molecular complexity index is 433. The van der Waals surface area contributed by atoms with Crippen LogP contribution in [0.25, 0.3) is 0 Å². The highest BCUT2D eigenvalue weighted by Gasteiger charge is 2.21. The van der Waals surface area contributed by atoms with E-state index < -0.39 is 11.6 Å². The third kappa shape index (κ3) is 2.82. The van der Waals surface area contributed by atoms with E-state index in [1.165, 1.54) is 13.2 Å². The van der Waals surface area contributed by atoms with Crippen LogP contribution in [0.5, 0.6) is 0 Å². The molecule has 1 fully saturated rings. The molecule has 2 rings (SSSR count). The van der Waals surface area contributed by atoms with Crippen LogP contribution in [-0.4, -0.2) is 19.7 Å². The molecule has 0 saturated carbocycles. The summed E-state index contributed by atoms with van der Waals surface area (Å²) >= 11 is 5.96. The normalized spacial score (nSPS) is 19.4. The second-order valence-corrected chi connectivity index (χ2v) is 4.96. The molecule has 1 atom stereocenters. The summed E-state index contributed by atoms with van der Waals surface area (Å²) in [6.07, 6.45) is 2.53. The Morgan fingerprint density at radius 3 is 2.83 bits per heavy atom. The van der Waals surface area contributed by atoms with E-state index in [1.54, 1.807) is 0 Å². The van der Waals surface area contributed by atoms with Gasteiger partial charge >= 0.3 is 0 Å². The van der Waals surface area contributed by atoms with Crippen LogP contribution < -0.4 is 5.32 Å². The standard InChI is InChI=1S/C13H16ClF2NO/c1-18-7-10-11(14)6-8(12(15)13(10)16)5-9-3-2-4-17-9/h6,9,17H,2-5,7H2,1H3. The number of methoxy groups -OCH3 is 1. The highest BCUT2D eigenvalue weighted by molar-refractivity contribution is 6.31. The summed E-state index contributed by atoms with van der Waals surface area (Å²) in [7, 11) is 1.42. The summed E-state index contributed by atoms with van der Waals surface area (Å²) in [5.41, 5.74) is 0.413. The predicted octanol–water partition coefficient (Wildman–Crippen LogP) is 3.06. The highest BCUT2D eigenvalue weighted by atomic mass is 35.5. The number of rotatable bonds is 4. The van der Waals surface area contributed by atoms with Gasteiger partial charge in [0.2, 0.25) is 0 Å². The minimum atomic E-state index is -0.891. The molecule has 0 aromatic heterocycles. The van der Waals surface area contributed by atoms with E-state index in [9.17, 15) is 8.78 Å². The zero-order valence-electron chi connectivity index (χ0n) is 10.2. The number of halogens is 3. The van der Waals surface area contributed by atoms with E-state index >= 15 is 0 Å². The van der Waals surface area contributed by atoms with Gasteiger partial charge in [0.05, 0.1) is 6.61 Å². The lowest BCUT2D eigenvalue weighted by atomic mass is 10.0. The maximum atomic E-state index is 13.9. The second-order valence-electron chi connectivity index (χ2n) is 4.55. The number of nitrogens with one attached hydrogen (secondary N) is 1. The van der Waals surface area contributed by atoms with Crippen molar-refractivity contribution in [3.05, 3.63) is 33.9 Å². The van der Waals surface area contributed by atoms with Crippen LogP contribution in [0.4, 0.5) is 8.78 Å². The Morgan fingerprint density at radius 2 is 2.22 bits per heavy atom. The van der Waals surface area contributed by atoms with Gasteiger partial charge < -0.3 is 10.1 Å². The van der Waals surface area contributed by atoms with Crippen LogP contribution in [0.2, 0.25) is 5.02 Å². The minimum absolute atomic E-state index is 0.0243. The van der Waals surface area contributed by atoms with E-state index in [1.807, 2.05) is 0 Å². The first-order valence-corrected chi connectivity index (χ1v) is 6.39. The van der Waals surface area contributed by atoms with Crippen molar-refractivity contribution in [2.75, 3.05) is 13.7 Å². The highest BCUT2D eigenvalue weighted by Crippen LogP contribution is 2.27. The number of benzene rings is 1. The van der Waals surface area contributed by atoms with Gasteiger partial charge in [-0.2, -0.15) is 0 Å². The van der Waals surface area contributed by atoms with E-state index in [0.29, 0.717) is 12.0 Å². The lowest BCUT2D eigenvalue weighted by molar-refractivity contribution is 0.180. The molecule has 5 heteroatoms. The molecule has 1 heterocycles. The summed E-state index contributed by atoms with van der Waals surface area (Å²) in [6, 6.07) is 1.72. The average Bonchev–Trinajstić information content (AvgIpc) is 2.84.